The molecule has 1 aliphatic rings. The van der Waals surface area contributed by atoms with Gasteiger partial charge >= 0.3 is 0 Å². The van der Waals surface area contributed by atoms with Crippen LogP contribution in [0.5, 0.6) is 5.75 Å². The molecule has 0 saturated carbocycles. The Morgan fingerprint density at radius 2 is 2.19 bits per heavy atom. The largest absolute Gasteiger partial charge is 0.489 e. The van der Waals surface area contributed by atoms with Crippen molar-refractivity contribution in [3.8, 4) is 5.75 Å². The molecule has 3 heterocycles. The molecule has 1 fully saturated rings. The molecule has 1 N–H and O–H groups in total. The molecule has 1 saturated heterocycles. The Morgan fingerprint density at radius 1 is 1.33 bits per heavy atom. The van der Waals surface area contributed by atoms with Crippen LogP contribution in [-0.4, -0.2) is 39.8 Å². The van der Waals surface area contributed by atoms with Crippen molar-refractivity contribution in [2.24, 2.45) is 0 Å². The first-order valence-corrected chi connectivity index (χ1v) is 9.09. The van der Waals surface area contributed by atoms with Gasteiger partial charge in [0.25, 0.3) is 5.91 Å². The van der Waals surface area contributed by atoms with Gasteiger partial charge in [0.2, 0.25) is 0 Å². The van der Waals surface area contributed by atoms with E-state index in [0.717, 1.165) is 30.8 Å². The topological polar surface area (TPSA) is 77.8 Å². The van der Waals surface area contributed by atoms with Crippen LogP contribution in [0.15, 0.2) is 36.4 Å². The molecule has 7 heteroatoms. The number of fused-ring (bicyclic) bond motifs is 1. The fourth-order valence-electron chi connectivity index (χ4n) is 3.20. The molecule has 1 aliphatic heterocycles. The first-order valence-electron chi connectivity index (χ1n) is 9.09. The van der Waals surface area contributed by atoms with Gasteiger partial charge in [-0.3, -0.25) is 4.79 Å². The van der Waals surface area contributed by atoms with Crippen molar-refractivity contribution in [3.63, 3.8) is 0 Å². The highest BCUT2D eigenvalue weighted by atomic mass is 16.5. The Labute approximate surface area is 157 Å². The van der Waals surface area contributed by atoms with Crippen molar-refractivity contribution in [1.29, 1.82) is 0 Å². The third-order valence-corrected chi connectivity index (χ3v) is 4.54. The van der Waals surface area contributed by atoms with Gasteiger partial charge in [-0.2, -0.15) is 5.10 Å². The molecule has 0 bridgehead atoms. The summed E-state index contributed by atoms with van der Waals surface area (Å²) in [5.74, 6) is 0.340. The Morgan fingerprint density at radius 3 is 3.00 bits per heavy atom. The van der Waals surface area contributed by atoms with E-state index in [2.05, 4.69) is 15.4 Å². The standard InChI is InChI=1S/C20H22N4O3/c1-13-10-19-21-17(11-14(2)24(19)23-13)20(25)22-16-7-3-4-8-18(16)27-12-15-6-5-9-26-15/h3-4,7-8,10-11,15H,5-6,9,12H2,1-2H3,(H,22,25). The molecule has 140 valence electrons. The number of nitrogens with zero attached hydrogens (tertiary/aromatic N) is 3. The third-order valence-electron chi connectivity index (χ3n) is 4.54. The minimum absolute atomic E-state index is 0.116. The van der Waals surface area contributed by atoms with E-state index in [9.17, 15) is 4.79 Å². The van der Waals surface area contributed by atoms with Crippen molar-refractivity contribution >= 4 is 17.2 Å². The summed E-state index contributed by atoms with van der Waals surface area (Å²) >= 11 is 0. The predicted octanol–water partition coefficient (Wildman–Crippen LogP) is 3.16. The molecule has 7 nitrogen and oxygen atoms in total. The van der Waals surface area contributed by atoms with Crippen LogP contribution in [0.1, 0.15) is 34.7 Å². The van der Waals surface area contributed by atoms with Gasteiger partial charge in [0.15, 0.2) is 5.65 Å². The number of ether oxygens (including phenoxy) is 2. The Hall–Kier alpha value is -2.93. The van der Waals surface area contributed by atoms with Crippen LogP contribution < -0.4 is 10.1 Å². The fraction of sp³-hybridized carbons (Fsp3) is 0.350. The maximum absolute atomic E-state index is 12.7. The quantitative estimate of drug-likeness (QED) is 0.750. The van der Waals surface area contributed by atoms with Crippen LogP contribution in [0, 0.1) is 13.8 Å². The molecule has 0 radical (unpaired) electrons. The zero-order chi connectivity index (χ0) is 18.8. The van der Waals surface area contributed by atoms with E-state index in [-0.39, 0.29) is 12.0 Å². The lowest BCUT2D eigenvalue weighted by atomic mass is 10.2. The third kappa shape index (κ3) is 3.78. The van der Waals surface area contributed by atoms with Crippen molar-refractivity contribution in [2.75, 3.05) is 18.5 Å². The highest BCUT2D eigenvalue weighted by Crippen LogP contribution is 2.25. The number of hydrogen-bond donors (Lipinski definition) is 1. The Balaban J connectivity index is 1.52. The number of para-hydroxylation sites is 2. The van der Waals surface area contributed by atoms with Crippen LogP contribution in [0.25, 0.3) is 5.65 Å². The summed E-state index contributed by atoms with van der Waals surface area (Å²) in [6.45, 7) is 5.06. The van der Waals surface area contributed by atoms with Crippen LogP contribution in [0.3, 0.4) is 0 Å². The summed E-state index contributed by atoms with van der Waals surface area (Å²) in [5.41, 5.74) is 3.32. The summed E-state index contributed by atoms with van der Waals surface area (Å²) in [6, 6.07) is 11.0. The molecule has 1 unspecified atom stereocenters. The van der Waals surface area contributed by atoms with Crippen molar-refractivity contribution in [1.82, 2.24) is 14.6 Å². The summed E-state index contributed by atoms with van der Waals surface area (Å²) in [5, 5.41) is 7.27. The number of anilines is 1. The minimum Gasteiger partial charge on any atom is -0.489 e. The first-order chi connectivity index (χ1) is 13.1. The summed E-state index contributed by atoms with van der Waals surface area (Å²) in [7, 11) is 0. The monoisotopic (exact) mass is 366 g/mol. The molecule has 3 aromatic rings. The minimum atomic E-state index is -0.285. The highest BCUT2D eigenvalue weighted by molar-refractivity contribution is 6.04. The molecular formula is C20H22N4O3. The van der Waals surface area contributed by atoms with E-state index in [0.29, 0.717) is 29.4 Å². The second-order valence-electron chi connectivity index (χ2n) is 6.73. The van der Waals surface area contributed by atoms with E-state index in [1.54, 1.807) is 10.6 Å². The Bertz CT molecular complexity index is 977. The van der Waals surface area contributed by atoms with E-state index >= 15 is 0 Å². The number of hydrogen-bond acceptors (Lipinski definition) is 5. The number of aromatic nitrogens is 3. The van der Waals surface area contributed by atoms with Crippen molar-refractivity contribution in [3.05, 3.63) is 53.5 Å². The van der Waals surface area contributed by atoms with Gasteiger partial charge in [0, 0.05) is 18.4 Å². The van der Waals surface area contributed by atoms with Crippen molar-refractivity contribution in [2.45, 2.75) is 32.8 Å². The average molecular weight is 366 g/mol. The zero-order valence-corrected chi connectivity index (χ0v) is 15.4. The molecule has 1 amide bonds. The maximum Gasteiger partial charge on any atom is 0.274 e. The number of aryl methyl sites for hydroxylation is 2. The van der Waals surface area contributed by atoms with Gasteiger partial charge in [0.05, 0.1) is 17.5 Å². The SMILES string of the molecule is Cc1cc2nc(C(=O)Nc3ccccc3OCC3CCCO3)cc(C)n2n1. The predicted molar refractivity (Wildman–Crippen MR) is 101 cm³/mol. The van der Waals surface area contributed by atoms with Crippen molar-refractivity contribution < 1.29 is 14.3 Å². The van der Waals surface area contributed by atoms with Gasteiger partial charge in [0.1, 0.15) is 18.1 Å². The first kappa shape index (κ1) is 17.5. The van der Waals surface area contributed by atoms with Crippen LogP contribution in [0.4, 0.5) is 5.69 Å². The molecule has 1 aromatic carbocycles. The molecule has 4 rings (SSSR count). The average Bonchev–Trinajstić information content (AvgIpc) is 3.30. The lowest BCUT2D eigenvalue weighted by molar-refractivity contribution is 0.0682. The molecule has 0 aliphatic carbocycles. The summed E-state index contributed by atoms with van der Waals surface area (Å²) in [6.07, 6.45) is 2.18. The second-order valence-corrected chi connectivity index (χ2v) is 6.73. The number of amides is 1. The van der Waals surface area contributed by atoms with Gasteiger partial charge in [-0.1, -0.05) is 12.1 Å². The van der Waals surface area contributed by atoms with Crippen LogP contribution in [0.2, 0.25) is 0 Å². The van der Waals surface area contributed by atoms with E-state index in [1.165, 1.54) is 0 Å². The summed E-state index contributed by atoms with van der Waals surface area (Å²) in [4.78, 5) is 17.2. The van der Waals surface area contributed by atoms with E-state index in [1.807, 2.05) is 44.2 Å². The fourth-order valence-corrected chi connectivity index (χ4v) is 3.20. The van der Waals surface area contributed by atoms with Gasteiger partial charge in [-0.25, -0.2) is 9.50 Å². The molecule has 1 atom stereocenters. The molecular weight excluding hydrogens is 344 g/mol. The lowest BCUT2D eigenvalue weighted by Crippen LogP contribution is -2.19. The number of carbonyl (C=O) groups is 1. The summed E-state index contributed by atoms with van der Waals surface area (Å²) < 4.78 is 13.2. The van der Waals surface area contributed by atoms with E-state index < -0.39 is 0 Å². The lowest BCUT2D eigenvalue weighted by Gasteiger charge is -2.15. The number of rotatable bonds is 5. The molecule has 0 spiro atoms. The maximum atomic E-state index is 12.7. The van der Waals surface area contributed by atoms with Crippen LogP contribution in [-0.2, 0) is 4.74 Å². The Kier molecular flexibility index (Phi) is 4.77. The van der Waals surface area contributed by atoms with Gasteiger partial charge < -0.3 is 14.8 Å². The van der Waals surface area contributed by atoms with E-state index in [4.69, 9.17) is 9.47 Å². The molecule has 2 aromatic heterocycles. The highest BCUT2D eigenvalue weighted by Gasteiger charge is 2.18. The van der Waals surface area contributed by atoms with Gasteiger partial charge in [-0.05, 0) is 44.9 Å². The second kappa shape index (κ2) is 7.36. The smallest absolute Gasteiger partial charge is 0.274 e. The van der Waals surface area contributed by atoms with Crippen LogP contribution >= 0.6 is 0 Å². The number of carbonyl (C=O) groups excluding carboxylic acids is 1. The number of nitrogens with one attached hydrogen (secondary N) is 1. The normalized spacial score (nSPS) is 16.6. The molecule has 27 heavy (non-hydrogen) atoms. The zero-order valence-electron chi connectivity index (χ0n) is 15.4. The van der Waals surface area contributed by atoms with Gasteiger partial charge in [-0.15, -0.1) is 0 Å². The number of benzene rings is 1.